The van der Waals surface area contributed by atoms with Crippen LogP contribution in [-0.4, -0.2) is 47.7 Å². The summed E-state index contributed by atoms with van der Waals surface area (Å²) in [5.74, 6) is -0.591. The average molecular weight is 346 g/mol. The fraction of sp³-hybridized carbons (Fsp3) is 0.500. The third-order valence-corrected chi connectivity index (χ3v) is 5.34. The van der Waals surface area contributed by atoms with Gasteiger partial charge in [-0.1, -0.05) is 6.07 Å². The first-order valence-corrected chi connectivity index (χ1v) is 8.49. The number of carbonyl (C=O) groups excluding carboxylic acids is 1. The molecule has 1 amide bonds. The summed E-state index contributed by atoms with van der Waals surface area (Å²) >= 11 is 0. The van der Waals surface area contributed by atoms with Gasteiger partial charge in [0.15, 0.2) is 0 Å². The van der Waals surface area contributed by atoms with E-state index in [9.17, 15) is 9.18 Å². The van der Waals surface area contributed by atoms with Gasteiger partial charge in [-0.3, -0.25) is 4.79 Å². The highest BCUT2D eigenvalue weighted by molar-refractivity contribution is 6.65. The minimum absolute atomic E-state index is 0.182. The smallest absolute Gasteiger partial charge is 0.399 e. The molecular formula is C18H24BFN2O3. The van der Waals surface area contributed by atoms with E-state index in [4.69, 9.17) is 9.31 Å². The van der Waals surface area contributed by atoms with Crippen LogP contribution in [0.15, 0.2) is 18.2 Å². The lowest BCUT2D eigenvalue weighted by Gasteiger charge is -2.32. The van der Waals surface area contributed by atoms with E-state index in [2.05, 4.69) is 4.98 Å². The van der Waals surface area contributed by atoms with Crippen LogP contribution >= 0.6 is 0 Å². The minimum atomic E-state index is -0.615. The number of fused-ring (bicyclic) bond motifs is 1. The van der Waals surface area contributed by atoms with Crippen LogP contribution in [0.2, 0.25) is 0 Å². The second-order valence-electron chi connectivity index (χ2n) is 7.52. The molecule has 1 aliphatic rings. The Morgan fingerprint density at radius 3 is 2.40 bits per heavy atom. The quantitative estimate of drug-likeness (QED) is 0.870. The minimum Gasteiger partial charge on any atom is -0.399 e. The summed E-state index contributed by atoms with van der Waals surface area (Å²) in [6, 6.07) is 4.70. The lowest BCUT2D eigenvalue weighted by atomic mass is 9.77. The second kappa shape index (κ2) is 5.85. The van der Waals surface area contributed by atoms with Gasteiger partial charge in [0.2, 0.25) is 0 Å². The molecule has 0 aliphatic carbocycles. The Kier molecular flexibility index (Phi) is 4.20. The zero-order valence-corrected chi connectivity index (χ0v) is 15.6. The Morgan fingerprint density at radius 2 is 1.84 bits per heavy atom. The molecule has 1 aromatic carbocycles. The molecule has 3 rings (SSSR count). The van der Waals surface area contributed by atoms with E-state index < -0.39 is 24.1 Å². The standard InChI is InChI=1S/C18H24BFN2O3/c1-7-22(6)16(23)14-10-11-12(8-9-13(20)15(11)21-14)19-24-17(2,3)18(4,5)25-19/h8-10,21H,7H2,1-6H3. The van der Waals surface area contributed by atoms with Crippen molar-refractivity contribution in [3.8, 4) is 0 Å². The SMILES string of the molecule is CCN(C)C(=O)c1cc2c(B3OC(C)(C)C(C)(C)O3)ccc(F)c2[nH]1. The summed E-state index contributed by atoms with van der Waals surface area (Å²) in [7, 11) is 1.09. The Labute approximate surface area is 147 Å². The van der Waals surface area contributed by atoms with Crippen LogP contribution in [0.3, 0.4) is 0 Å². The van der Waals surface area contributed by atoms with Crippen molar-refractivity contribution in [3.05, 3.63) is 29.7 Å². The lowest BCUT2D eigenvalue weighted by molar-refractivity contribution is 0.00578. The van der Waals surface area contributed by atoms with E-state index in [1.807, 2.05) is 34.6 Å². The molecule has 1 fully saturated rings. The Hall–Kier alpha value is -1.86. The normalized spacial score (nSPS) is 18.8. The number of carbonyl (C=O) groups is 1. The molecule has 0 saturated carbocycles. The summed E-state index contributed by atoms with van der Waals surface area (Å²) in [6.45, 7) is 10.3. The fourth-order valence-corrected chi connectivity index (χ4v) is 2.85. The summed E-state index contributed by atoms with van der Waals surface area (Å²) in [5, 5.41) is 0.603. The van der Waals surface area contributed by atoms with Crippen molar-refractivity contribution < 1.29 is 18.5 Å². The van der Waals surface area contributed by atoms with E-state index in [1.165, 1.54) is 6.07 Å². The molecule has 0 unspecified atom stereocenters. The Balaban J connectivity index is 2.07. The number of hydrogen-bond donors (Lipinski definition) is 1. The molecule has 0 radical (unpaired) electrons. The zero-order chi connectivity index (χ0) is 18.6. The van der Waals surface area contributed by atoms with Crippen LogP contribution in [0.4, 0.5) is 4.39 Å². The van der Waals surface area contributed by atoms with Crippen molar-refractivity contribution in [2.75, 3.05) is 13.6 Å². The number of hydrogen-bond acceptors (Lipinski definition) is 3. The van der Waals surface area contributed by atoms with Crippen molar-refractivity contribution in [2.45, 2.75) is 45.8 Å². The molecule has 2 heterocycles. The zero-order valence-electron chi connectivity index (χ0n) is 15.6. The molecule has 134 valence electrons. The number of amides is 1. The maximum Gasteiger partial charge on any atom is 0.495 e. The highest BCUT2D eigenvalue weighted by atomic mass is 19.1. The van der Waals surface area contributed by atoms with Gasteiger partial charge in [-0.25, -0.2) is 4.39 Å². The van der Waals surface area contributed by atoms with Crippen molar-refractivity contribution in [1.82, 2.24) is 9.88 Å². The first-order valence-electron chi connectivity index (χ1n) is 8.49. The molecule has 1 aromatic heterocycles. The molecule has 0 spiro atoms. The van der Waals surface area contributed by atoms with E-state index in [1.54, 1.807) is 24.1 Å². The van der Waals surface area contributed by atoms with E-state index >= 15 is 0 Å². The fourth-order valence-electron chi connectivity index (χ4n) is 2.85. The number of nitrogens with zero attached hydrogens (tertiary/aromatic N) is 1. The number of aromatic amines is 1. The molecule has 1 aliphatic heterocycles. The summed E-state index contributed by atoms with van der Waals surface area (Å²) < 4.78 is 26.4. The number of H-pyrrole nitrogens is 1. The summed E-state index contributed by atoms with van der Waals surface area (Å²) in [5.41, 5.74) is 0.373. The van der Waals surface area contributed by atoms with Crippen LogP contribution in [0, 0.1) is 5.82 Å². The van der Waals surface area contributed by atoms with Gasteiger partial charge in [0.05, 0.1) is 16.7 Å². The number of rotatable bonds is 3. The van der Waals surface area contributed by atoms with Gasteiger partial charge in [-0.2, -0.15) is 0 Å². The maximum atomic E-state index is 14.3. The first-order chi connectivity index (χ1) is 11.6. The number of halogens is 1. The second-order valence-corrected chi connectivity index (χ2v) is 7.52. The van der Waals surface area contributed by atoms with Crippen LogP contribution in [0.25, 0.3) is 10.9 Å². The van der Waals surface area contributed by atoms with Gasteiger partial charge < -0.3 is 19.2 Å². The third-order valence-electron chi connectivity index (χ3n) is 5.34. The predicted octanol–water partition coefficient (Wildman–Crippen LogP) is 2.70. The number of benzene rings is 1. The van der Waals surface area contributed by atoms with E-state index in [0.29, 0.717) is 28.6 Å². The number of nitrogens with one attached hydrogen (secondary N) is 1. The van der Waals surface area contributed by atoms with Crippen LogP contribution in [0.1, 0.15) is 45.1 Å². The Morgan fingerprint density at radius 1 is 1.24 bits per heavy atom. The molecule has 2 aromatic rings. The van der Waals surface area contributed by atoms with E-state index in [0.717, 1.165) is 0 Å². The van der Waals surface area contributed by atoms with Gasteiger partial charge in [0, 0.05) is 19.0 Å². The van der Waals surface area contributed by atoms with Crippen LogP contribution in [0.5, 0.6) is 0 Å². The van der Waals surface area contributed by atoms with Crippen LogP contribution in [-0.2, 0) is 9.31 Å². The van der Waals surface area contributed by atoms with Crippen molar-refractivity contribution in [1.29, 1.82) is 0 Å². The third kappa shape index (κ3) is 2.85. The monoisotopic (exact) mass is 346 g/mol. The topological polar surface area (TPSA) is 54.6 Å². The molecule has 0 bridgehead atoms. The molecule has 25 heavy (non-hydrogen) atoms. The summed E-state index contributed by atoms with van der Waals surface area (Å²) in [4.78, 5) is 16.9. The Bertz CT molecular complexity index is 815. The maximum absolute atomic E-state index is 14.3. The first kappa shape index (κ1) is 18.0. The number of aromatic nitrogens is 1. The van der Waals surface area contributed by atoms with Gasteiger partial charge >= 0.3 is 7.12 Å². The lowest BCUT2D eigenvalue weighted by Crippen LogP contribution is -2.41. The highest BCUT2D eigenvalue weighted by Gasteiger charge is 2.52. The molecule has 7 heteroatoms. The predicted molar refractivity (Wildman–Crippen MR) is 96.6 cm³/mol. The van der Waals surface area contributed by atoms with Gasteiger partial charge in [0.25, 0.3) is 5.91 Å². The molecule has 1 N–H and O–H groups in total. The van der Waals surface area contributed by atoms with Gasteiger partial charge in [0.1, 0.15) is 11.5 Å². The van der Waals surface area contributed by atoms with Crippen molar-refractivity contribution >= 4 is 29.4 Å². The molecule has 5 nitrogen and oxygen atoms in total. The van der Waals surface area contributed by atoms with Gasteiger partial charge in [-0.05, 0) is 52.2 Å². The van der Waals surface area contributed by atoms with Crippen molar-refractivity contribution in [2.24, 2.45) is 0 Å². The summed E-state index contributed by atoms with van der Waals surface area (Å²) in [6.07, 6.45) is 0. The van der Waals surface area contributed by atoms with E-state index in [-0.39, 0.29) is 5.91 Å². The van der Waals surface area contributed by atoms with Crippen molar-refractivity contribution in [3.63, 3.8) is 0 Å². The largest absolute Gasteiger partial charge is 0.495 e. The molecular weight excluding hydrogens is 322 g/mol. The molecule has 0 atom stereocenters. The van der Waals surface area contributed by atoms with Gasteiger partial charge in [-0.15, -0.1) is 0 Å². The molecule has 1 saturated heterocycles. The average Bonchev–Trinajstić information content (AvgIpc) is 3.06. The highest BCUT2D eigenvalue weighted by Crippen LogP contribution is 2.37. The van der Waals surface area contributed by atoms with Crippen LogP contribution < -0.4 is 5.46 Å².